The lowest BCUT2D eigenvalue weighted by Gasteiger charge is -2.25. The predicted molar refractivity (Wildman–Crippen MR) is 101 cm³/mol. The van der Waals surface area contributed by atoms with E-state index in [4.69, 9.17) is 5.73 Å². The summed E-state index contributed by atoms with van der Waals surface area (Å²) in [5.74, 6) is -0.390. The lowest BCUT2D eigenvalue weighted by Crippen LogP contribution is -2.36. The number of carbonyl (C=O) groups excluding carboxylic acids is 1. The molecule has 25 heavy (non-hydrogen) atoms. The summed E-state index contributed by atoms with van der Waals surface area (Å²) in [6.07, 6.45) is 0. The quantitative estimate of drug-likeness (QED) is 0.720. The van der Waals surface area contributed by atoms with Gasteiger partial charge in [-0.15, -0.1) is 0 Å². The molecule has 0 unspecified atom stereocenters. The highest BCUT2D eigenvalue weighted by molar-refractivity contribution is 5.81. The van der Waals surface area contributed by atoms with Crippen LogP contribution < -0.4 is 11.1 Å². The van der Waals surface area contributed by atoms with Crippen LogP contribution in [0.15, 0.2) is 84.9 Å². The zero-order valence-electron chi connectivity index (χ0n) is 14.2. The highest BCUT2D eigenvalue weighted by Crippen LogP contribution is 2.26. The van der Waals surface area contributed by atoms with Crippen LogP contribution in [0, 0.1) is 6.92 Å². The summed E-state index contributed by atoms with van der Waals surface area (Å²) >= 11 is 0. The molecule has 0 heterocycles. The monoisotopic (exact) mass is 330 g/mol. The molecule has 3 rings (SSSR count). The molecule has 0 spiro atoms. The first-order valence-corrected chi connectivity index (χ1v) is 8.37. The van der Waals surface area contributed by atoms with Crippen molar-refractivity contribution >= 4 is 5.91 Å². The molecule has 0 bridgehead atoms. The lowest BCUT2D eigenvalue weighted by molar-refractivity contribution is -0.120. The van der Waals surface area contributed by atoms with Crippen molar-refractivity contribution in [2.45, 2.75) is 19.0 Å². The van der Waals surface area contributed by atoms with Crippen molar-refractivity contribution in [3.05, 3.63) is 107 Å². The van der Waals surface area contributed by atoms with E-state index in [1.165, 1.54) is 5.56 Å². The number of aryl methyl sites for hydroxylation is 1. The van der Waals surface area contributed by atoms with E-state index in [0.717, 1.165) is 16.7 Å². The van der Waals surface area contributed by atoms with Gasteiger partial charge < -0.3 is 5.73 Å². The van der Waals surface area contributed by atoms with Gasteiger partial charge in [-0.3, -0.25) is 10.1 Å². The lowest BCUT2D eigenvalue weighted by atomic mass is 9.95. The van der Waals surface area contributed by atoms with Gasteiger partial charge in [0.25, 0.3) is 0 Å². The average Bonchev–Trinajstić information content (AvgIpc) is 2.65. The first-order chi connectivity index (χ1) is 12.1. The summed E-state index contributed by atoms with van der Waals surface area (Å²) in [5.41, 5.74) is 9.95. The Balaban J connectivity index is 1.99. The Labute approximate surface area is 148 Å². The maximum Gasteiger partial charge on any atom is 0.239 e. The van der Waals surface area contributed by atoms with E-state index in [1.54, 1.807) is 0 Å². The van der Waals surface area contributed by atoms with Gasteiger partial charge in [0.2, 0.25) is 5.91 Å². The van der Waals surface area contributed by atoms with E-state index in [1.807, 2.05) is 48.5 Å². The molecule has 0 aliphatic carbocycles. The number of benzene rings is 3. The van der Waals surface area contributed by atoms with Crippen LogP contribution in [0.3, 0.4) is 0 Å². The Bertz CT molecular complexity index is 814. The largest absolute Gasteiger partial charge is 0.368 e. The topological polar surface area (TPSA) is 55.1 Å². The van der Waals surface area contributed by atoms with Gasteiger partial charge >= 0.3 is 0 Å². The average molecular weight is 330 g/mol. The Morgan fingerprint density at radius 1 is 0.760 bits per heavy atom. The molecular formula is C22H22N2O. The Kier molecular flexibility index (Phi) is 5.26. The molecule has 3 aromatic carbocycles. The summed E-state index contributed by atoms with van der Waals surface area (Å²) < 4.78 is 0. The molecule has 0 aromatic heterocycles. The smallest absolute Gasteiger partial charge is 0.239 e. The number of hydrogen-bond acceptors (Lipinski definition) is 2. The Morgan fingerprint density at radius 2 is 1.24 bits per heavy atom. The van der Waals surface area contributed by atoms with Gasteiger partial charge in [-0.1, -0.05) is 90.5 Å². The summed E-state index contributed by atoms with van der Waals surface area (Å²) in [6.45, 7) is 2.06. The third-order valence-corrected chi connectivity index (χ3v) is 4.29. The van der Waals surface area contributed by atoms with Crippen LogP contribution in [0.5, 0.6) is 0 Å². The van der Waals surface area contributed by atoms with Gasteiger partial charge in [0.1, 0.15) is 6.04 Å². The number of nitrogens with two attached hydrogens (primary N) is 1. The highest BCUT2D eigenvalue weighted by Gasteiger charge is 2.23. The standard InChI is InChI=1S/C22H22N2O/c1-16-12-14-19(15-13-16)20(17-8-4-2-5-9-17)24-21(22(23)25)18-10-6-3-7-11-18/h2-15,20-21,24H,1H3,(H2,23,25)/t20-,21+/m1/s1. The molecular weight excluding hydrogens is 308 g/mol. The molecule has 0 aliphatic rings. The van der Waals surface area contributed by atoms with Gasteiger partial charge in [0, 0.05) is 0 Å². The van der Waals surface area contributed by atoms with Gasteiger partial charge in [-0.05, 0) is 23.6 Å². The van der Waals surface area contributed by atoms with Crippen LogP contribution in [0.4, 0.5) is 0 Å². The SMILES string of the molecule is Cc1ccc([C@H](N[C@H](C(N)=O)c2ccccc2)c2ccccc2)cc1. The summed E-state index contributed by atoms with van der Waals surface area (Å²) in [6, 6.07) is 27.3. The van der Waals surface area contributed by atoms with Crippen LogP contribution in [0.1, 0.15) is 34.3 Å². The van der Waals surface area contributed by atoms with Crippen LogP contribution in [0.25, 0.3) is 0 Å². The van der Waals surface area contributed by atoms with Crippen molar-refractivity contribution in [1.82, 2.24) is 5.32 Å². The van der Waals surface area contributed by atoms with Crippen molar-refractivity contribution in [3.63, 3.8) is 0 Å². The van der Waals surface area contributed by atoms with Crippen LogP contribution in [0.2, 0.25) is 0 Å². The first-order valence-electron chi connectivity index (χ1n) is 8.37. The van der Waals surface area contributed by atoms with E-state index in [-0.39, 0.29) is 11.9 Å². The van der Waals surface area contributed by atoms with E-state index in [0.29, 0.717) is 0 Å². The maximum atomic E-state index is 12.1. The minimum absolute atomic E-state index is 0.125. The van der Waals surface area contributed by atoms with Crippen molar-refractivity contribution in [2.75, 3.05) is 0 Å². The summed E-state index contributed by atoms with van der Waals surface area (Å²) in [7, 11) is 0. The molecule has 3 aromatic rings. The predicted octanol–water partition coefficient (Wildman–Crippen LogP) is 3.90. The van der Waals surface area contributed by atoms with Crippen LogP contribution >= 0.6 is 0 Å². The van der Waals surface area contributed by atoms with Crippen LogP contribution in [-0.2, 0) is 4.79 Å². The zero-order chi connectivity index (χ0) is 17.6. The van der Waals surface area contributed by atoms with Gasteiger partial charge in [-0.2, -0.15) is 0 Å². The van der Waals surface area contributed by atoms with Gasteiger partial charge in [0.15, 0.2) is 0 Å². The van der Waals surface area contributed by atoms with E-state index in [9.17, 15) is 4.79 Å². The van der Waals surface area contributed by atoms with E-state index < -0.39 is 6.04 Å². The maximum absolute atomic E-state index is 12.1. The minimum Gasteiger partial charge on any atom is -0.368 e. The molecule has 0 fully saturated rings. The number of nitrogens with one attached hydrogen (secondary N) is 1. The molecule has 3 heteroatoms. The van der Waals surface area contributed by atoms with E-state index in [2.05, 4.69) is 48.6 Å². The number of carbonyl (C=O) groups is 1. The number of hydrogen-bond donors (Lipinski definition) is 2. The molecule has 2 atom stereocenters. The van der Waals surface area contributed by atoms with E-state index >= 15 is 0 Å². The fourth-order valence-corrected chi connectivity index (χ4v) is 2.94. The normalized spacial score (nSPS) is 13.2. The van der Waals surface area contributed by atoms with Gasteiger partial charge in [-0.25, -0.2) is 0 Å². The van der Waals surface area contributed by atoms with Gasteiger partial charge in [0.05, 0.1) is 6.04 Å². The van der Waals surface area contributed by atoms with Crippen LogP contribution in [-0.4, -0.2) is 5.91 Å². The minimum atomic E-state index is -0.562. The molecule has 3 N–H and O–H groups in total. The van der Waals surface area contributed by atoms with Crippen molar-refractivity contribution in [1.29, 1.82) is 0 Å². The molecule has 1 amide bonds. The highest BCUT2D eigenvalue weighted by atomic mass is 16.1. The Morgan fingerprint density at radius 3 is 1.76 bits per heavy atom. The molecule has 0 aliphatic heterocycles. The molecule has 126 valence electrons. The third kappa shape index (κ3) is 4.14. The Hall–Kier alpha value is -2.91. The zero-order valence-corrected chi connectivity index (χ0v) is 14.2. The number of amides is 1. The molecule has 0 saturated carbocycles. The summed E-state index contributed by atoms with van der Waals surface area (Å²) in [5, 5.41) is 3.45. The second-order valence-corrected chi connectivity index (χ2v) is 6.17. The number of primary amides is 1. The molecule has 0 radical (unpaired) electrons. The first kappa shape index (κ1) is 16.9. The number of rotatable bonds is 6. The molecule has 3 nitrogen and oxygen atoms in total. The summed E-state index contributed by atoms with van der Waals surface area (Å²) in [4.78, 5) is 12.1. The van der Waals surface area contributed by atoms with Crippen molar-refractivity contribution in [2.24, 2.45) is 5.73 Å². The second kappa shape index (κ2) is 7.77. The molecule has 0 saturated heterocycles. The fraction of sp³-hybridized carbons (Fsp3) is 0.136. The fourth-order valence-electron chi connectivity index (χ4n) is 2.94. The second-order valence-electron chi connectivity index (χ2n) is 6.17. The van der Waals surface area contributed by atoms with Crippen molar-refractivity contribution in [3.8, 4) is 0 Å². The van der Waals surface area contributed by atoms with Crippen molar-refractivity contribution < 1.29 is 4.79 Å². The third-order valence-electron chi connectivity index (χ3n) is 4.29.